The van der Waals surface area contributed by atoms with Gasteiger partial charge in [0.1, 0.15) is 23.5 Å². The maximum Gasteiger partial charge on any atom is 0.437 e. The second kappa shape index (κ2) is 8.81. The fourth-order valence-electron chi connectivity index (χ4n) is 3.72. The fourth-order valence-corrected chi connectivity index (χ4v) is 4.35. The predicted octanol–water partition coefficient (Wildman–Crippen LogP) is 6.01. The van der Waals surface area contributed by atoms with Crippen molar-refractivity contribution in [3.8, 4) is 11.3 Å². The summed E-state index contributed by atoms with van der Waals surface area (Å²) in [6.45, 7) is 0. The van der Waals surface area contributed by atoms with Crippen molar-refractivity contribution in [3.63, 3.8) is 0 Å². The van der Waals surface area contributed by atoms with Crippen molar-refractivity contribution < 1.29 is 32.3 Å². The van der Waals surface area contributed by atoms with Gasteiger partial charge in [-0.15, -0.1) is 0 Å². The van der Waals surface area contributed by atoms with Crippen LogP contribution in [0.5, 0.6) is 0 Å². The number of halogens is 6. The standard InChI is InChI=1S/C22H14Cl3F3N2O4/c23-11-3-1-10(2-4-11)19(31)17-18(29-20(32)30-21(17,33)22(26,27)28)16-8-7-15(34-16)13-6-5-12(24)9-14(13)25/h1-9,17-18,33H,(H2,29,30,32)/t17-,18+,21+/m0/s1. The second-order valence-electron chi connectivity index (χ2n) is 7.52. The normalized spacial score (nSPS) is 22.7. The number of carbonyl (C=O) groups excluding carboxylic acids is 2. The molecule has 12 heteroatoms. The Morgan fingerprint density at radius 3 is 2.26 bits per heavy atom. The minimum Gasteiger partial charge on any atom is -0.459 e. The van der Waals surface area contributed by atoms with Gasteiger partial charge >= 0.3 is 12.2 Å². The van der Waals surface area contributed by atoms with Crippen LogP contribution in [0.3, 0.4) is 0 Å². The van der Waals surface area contributed by atoms with Gasteiger partial charge in [0.2, 0.25) is 5.72 Å². The van der Waals surface area contributed by atoms with E-state index in [2.05, 4.69) is 5.32 Å². The van der Waals surface area contributed by atoms with Gasteiger partial charge in [0.25, 0.3) is 0 Å². The van der Waals surface area contributed by atoms with Gasteiger partial charge in [-0.3, -0.25) is 4.79 Å². The third kappa shape index (κ3) is 4.36. The molecule has 4 rings (SSSR count). The second-order valence-corrected chi connectivity index (χ2v) is 8.80. The first-order valence-electron chi connectivity index (χ1n) is 9.63. The van der Waals surface area contributed by atoms with Crippen LogP contribution in [0.1, 0.15) is 22.2 Å². The average Bonchev–Trinajstić information content (AvgIpc) is 3.22. The number of ketones is 1. The van der Waals surface area contributed by atoms with E-state index in [0.29, 0.717) is 10.6 Å². The van der Waals surface area contributed by atoms with Crippen molar-refractivity contribution in [2.45, 2.75) is 17.9 Å². The number of alkyl halides is 3. The third-order valence-electron chi connectivity index (χ3n) is 5.35. The molecular formula is C22H14Cl3F3N2O4. The molecule has 1 aromatic heterocycles. The maximum absolute atomic E-state index is 14.0. The van der Waals surface area contributed by atoms with Crippen molar-refractivity contribution >= 4 is 46.6 Å². The molecule has 1 aliphatic heterocycles. The van der Waals surface area contributed by atoms with Gasteiger partial charge in [0.15, 0.2) is 5.78 Å². The van der Waals surface area contributed by atoms with Gasteiger partial charge in [0.05, 0.1) is 5.02 Å². The Morgan fingerprint density at radius 1 is 1.00 bits per heavy atom. The quantitative estimate of drug-likeness (QED) is 0.358. The topological polar surface area (TPSA) is 91.6 Å². The van der Waals surface area contributed by atoms with E-state index in [1.807, 2.05) is 0 Å². The van der Waals surface area contributed by atoms with E-state index in [4.69, 9.17) is 39.2 Å². The van der Waals surface area contributed by atoms with E-state index in [1.54, 1.807) is 0 Å². The molecule has 0 saturated carbocycles. The molecule has 1 saturated heterocycles. The van der Waals surface area contributed by atoms with Gasteiger partial charge in [0, 0.05) is 21.2 Å². The highest BCUT2D eigenvalue weighted by Crippen LogP contribution is 2.45. The van der Waals surface area contributed by atoms with E-state index in [1.165, 1.54) is 59.9 Å². The summed E-state index contributed by atoms with van der Waals surface area (Å²) in [7, 11) is 0. The van der Waals surface area contributed by atoms with Crippen LogP contribution < -0.4 is 10.6 Å². The van der Waals surface area contributed by atoms with Gasteiger partial charge < -0.3 is 20.2 Å². The Labute approximate surface area is 205 Å². The first kappa shape index (κ1) is 24.4. The molecule has 3 aromatic rings. The zero-order chi connectivity index (χ0) is 24.8. The molecule has 3 N–H and O–H groups in total. The lowest BCUT2D eigenvalue weighted by Gasteiger charge is -2.44. The summed E-state index contributed by atoms with van der Waals surface area (Å²) < 4.78 is 47.7. The van der Waals surface area contributed by atoms with Crippen LogP contribution in [0.25, 0.3) is 11.3 Å². The monoisotopic (exact) mass is 532 g/mol. The van der Waals surface area contributed by atoms with Crippen LogP contribution in [0, 0.1) is 5.92 Å². The number of amides is 2. The number of carbonyl (C=O) groups is 2. The summed E-state index contributed by atoms with van der Waals surface area (Å²) in [5, 5.41) is 15.2. The third-order valence-corrected chi connectivity index (χ3v) is 6.15. The summed E-state index contributed by atoms with van der Waals surface area (Å²) >= 11 is 17.9. The van der Waals surface area contributed by atoms with E-state index < -0.39 is 35.7 Å². The van der Waals surface area contributed by atoms with Gasteiger partial charge in [-0.1, -0.05) is 34.8 Å². The van der Waals surface area contributed by atoms with Crippen molar-refractivity contribution in [2.75, 3.05) is 0 Å². The van der Waals surface area contributed by atoms with E-state index in [0.717, 1.165) is 0 Å². The Bertz CT molecular complexity index is 1260. The summed E-state index contributed by atoms with van der Waals surface area (Å²) in [6, 6.07) is 9.27. The molecule has 1 aliphatic rings. The average molecular weight is 534 g/mol. The van der Waals surface area contributed by atoms with Crippen LogP contribution in [0.4, 0.5) is 18.0 Å². The Kier molecular flexibility index (Phi) is 6.32. The largest absolute Gasteiger partial charge is 0.459 e. The lowest BCUT2D eigenvalue weighted by atomic mass is 9.79. The van der Waals surface area contributed by atoms with E-state index in [-0.39, 0.29) is 27.1 Å². The van der Waals surface area contributed by atoms with Gasteiger partial charge in [-0.2, -0.15) is 13.2 Å². The number of furan rings is 1. The number of nitrogens with one attached hydrogen (secondary N) is 2. The first-order valence-corrected chi connectivity index (χ1v) is 10.8. The SMILES string of the molecule is O=C1N[C@H](c2ccc(-c3ccc(Cl)cc3Cl)o2)[C@@H](C(=O)c2ccc(Cl)cc2)[C@@](O)(C(F)(F)F)N1. The van der Waals surface area contributed by atoms with Gasteiger partial charge in [-0.25, -0.2) is 4.79 Å². The Morgan fingerprint density at radius 2 is 1.65 bits per heavy atom. The van der Waals surface area contributed by atoms with Crippen molar-refractivity contribution in [3.05, 3.63) is 81.0 Å². The van der Waals surface area contributed by atoms with Crippen LogP contribution in [-0.2, 0) is 0 Å². The van der Waals surface area contributed by atoms with Crippen LogP contribution in [0.15, 0.2) is 59.0 Å². The highest BCUT2D eigenvalue weighted by molar-refractivity contribution is 6.36. The van der Waals surface area contributed by atoms with E-state index >= 15 is 0 Å². The molecule has 3 atom stereocenters. The number of Topliss-reactive ketones (excluding diaryl/α,β-unsaturated/α-hetero) is 1. The molecule has 1 fully saturated rings. The fraction of sp³-hybridized carbons (Fsp3) is 0.182. The lowest BCUT2D eigenvalue weighted by Crippen LogP contribution is -2.72. The Balaban J connectivity index is 1.82. The Hall–Kier alpha value is -2.72. The minimum atomic E-state index is -5.40. The minimum absolute atomic E-state index is 0.151. The number of hydrogen-bond donors (Lipinski definition) is 3. The number of urea groups is 1. The first-order chi connectivity index (χ1) is 15.9. The highest BCUT2D eigenvalue weighted by atomic mass is 35.5. The molecule has 0 bridgehead atoms. The zero-order valence-corrected chi connectivity index (χ0v) is 19.1. The molecule has 2 heterocycles. The summed E-state index contributed by atoms with van der Waals surface area (Å²) in [5.74, 6) is -3.40. The van der Waals surface area contributed by atoms with Crippen LogP contribution >= 0.6 is 34.8 Å². The smallest absolute Gasteiger partial charge is 0.437 e. The summed E-state index contributed by atoms with van der Waals surface area (Å²) in [5.41, 5.74) is -3.67. The van der Waals surface area contributed by atoms with Crippen molar-refractivity contribution in [1.82, 2.24) is 10.6 Å². The van der Waals surface area contributed by atoms with E-state index in [9.17, 15) is 27.9 Å². The molecular weight excluding hydrogens is 520 g/mol. The molecule has 178 valence electrons. The van der Waals surface area contributed by atoms with Crippen LogP contribution in [-0.4, -0.2) is 28.8 Å². The number of hydrogen-bond acceptors (Lipinski definition) is 4. The van der Waals surface area contributed by atoms with Crippen molar-refractivity contribution in [2.24, 2.45) is 5.92 Å². The van der Waals surface area contributed by atoms with Gasteiger partial charge in [-0.05, 0) is 54.6 Å². The zero-order valence-electron chi connectivity index (χ0n) is 16.8. The molecule has 0 spiro atoms. The number of aliphatic hydroxyl groups is 1. The van der Waals surface area contributed by atoms with Crippen LogP contribution in [0.2, 0.25) is 15.1 Å². The molecule has 0 aliphatic carbocycles. The summed E-state index contributed by atoms with van der Waals surface area (Å²) in [4.78, 5) is 25.4. The molecule has 34 heavy (non-hydrogen) atoms. The summed E-state index contributed by atoms with van der Waals surface area (Å²) in [6.07, 6.45) is -5.40. The maximum atomic E-state index is 14.0. The highest BCUT2D eigenvalue weighted by Gasteiger charge is 2.66. The lowest BCUT2D eigenvalue weighted by molar-refractivity contribution is -0.288. The molecule has 2 amide bonds. The molecule has 0 unspecified atom stereocenters. The molecule has 2 aromatic carbocycles. The predicted molar refractivity (Wildman–Crippen MR) is 119 cm³/mol. The molecule has 0 radical (unpaired) electrons. The number of rotatable bonds is 4. The molecule has 6 nitrogen and oxygen atoms in total. The number of benzene rings is 2. The van der Waals surface area contributed by atoms with Crippen molar-refractivity contribution in [1.29, 1.82) is 0 Å².